The van der Waals surface area contributed by atoms with Crippen LogP contribution in [0.3, 0.4) is 0 Å². The Labute approximate surface area is 96.1 Å². The molecule has 1 heterocycles. The molecule has 0 amide bonds. The van der Waals surface area contributed by atoms with Gasteiger partial charge in [0, 0.05) is 24.5 Å². The summed E-state index contributed by atoms with van der Waals surface area (Å²) in [4.78, 5) is 4.24. The molecule has 86 valence electrons. The van der Waals surface area contributed by atoms with Gasteiger partial charge in [-0.15, -0.1) is 11.3 Å². The van der Waals surface area contributed by atoms with Crippen molar-refractivity contribution in [3.8, 4) is 0 Å². The average molecular weight is 227 g/mol. The summed E-state index contributed by atoms with van der Waals surface area (Å²) < 4.78 is 0. The first-order valence-corrected chi connectivity index (χ1v) is 6.41. The number of nitrogens with one attached hydrogen (secondary N) is 1. The van der Waals surface area contributed by atoms with Crippen molar-refractivity contribution in [2.45, 2.75) is 20.3 Å². The third kappa shape index (κ3) is 4.73. The number of hydrogen-bond acceptors (Lipinski definition) is 4. The fraction of sp³-hybridized carbons (Fsp3) is 0.727. The second kappa shape index (κ2) is 6.93. The maximum absolute atomic E-state index is 5.70. The minimum absolute atomic E-state index is 0.585. The van der Waals surface area contributed by atoms with Gasteiger partial charge in [-0.05, 0) is 24.9 Å². The van der Waals surface area contributed by atoms with E-state index >= 15 is 0 Å². The smallest absolute Gasteiger partial charge is 0.0937 e. The van der Waals surface area contributed by atoms with Gasteiger partial charge in [-0.25, -0.2) is 4.98 Å². The minimum atomic E-state index is 0.585. The second-order valence-corrected chi connectivity index (χ2v) is 5.10. The molecule has 0 saturated carbocycles. The monoisotopic (exact) mass is 227 g/mol. The van der Waals surface area contributed by atoms with Crippen molar-refractivity contribution in [1.82, 2.24) is 10.3 Å². The van der Waals surface area contributed by atoms with E-state index in [2.05, 4.69) is 24.1 Å². The average Bonchev–Trinajstić information content (AvgIpc) is 2.70. The Morgan fingerprint density at radius 2 is 2.33 bits per heavy atom. The highest BCUT2D eigenvalue weighted by molar-refractivity contribution is 7.09. The lowest BCUT2D eigenvalue weighted by atomic mass is 9.96. The van der Waals surface area contributed by atoms with Gasteiger partial charge in [-0.3, -0.25) is 0 Å². The molecule has 1 aromatic rings. The first-order chi connectivity index (χ1) is 7.24. The molecule has 0 saturated heterocycles. The van der Waals surface area contributed by atoms with Crippen LogP contribution in [-0.2, 0) is 6.42 Å². The number of aromatic nitrogens is 1. The maximum atomic E-state index is 5.70. The van der Waals surface area contributed by atoms with E-state index in [1.54, 1.807) is 11.3 Å². The third-order valence-corrected chi connectivity index (χ3v) is 3.49. The van der Waals surface area contributed by atoms with Gasteiger partial charge in [0.25, 0.3) is 0 Å². The molecule has 0 spiro atoms. The summed E-state index contributed by atoms with van der Waals surface area (Å²) in [6.45, 7) is 7.22. The number of rotatable bonds is 7. The van der Waals surface area contributed by atoms with Crippen LogP contribution in [0.1, 0.15) is 18.9 Å². The van der Waals surface area contributed by atoms with Gasteiger partial charge < -0.3 is 11.1 Å². The molecule has 0 bridgehead atoms. The molecule has 0 aliphatic heterocycles. The molecular weight excluding hydrogens is 206 g/mol. The van der Waals surface area contributed by atoms with Crippen LogP contribution in [0, 0.1) is 11.8 Å². The Morgan fingerprint density at radius 1 is 1.53 bits per heavy atom. The zero-order valence-corrected chi connectivity index (χ0v) is 10.4. The van der Waals surface area contributed by atoms with E-state index in [1.165, 1.54) is 5.01 Å². The lowest BCUT2D eigenvalue weighted by Gasteiger charge is -2.18. The van der Waals surface area contributed by atoms with Gasteiger partial charge >= 0.3 is 0 Å². The molecule has 0 radical (unpaired) electrons. The van der Waals surface area contributed by atoms with Crippen LogP contribution in [-0.4, -0.2) is 24.6 Å². The van der Waals surface area contributed by atoms with Gasteiger partial charge in [-0.1, -0.05) is 13.8 Å². The highest BCUT2D eigenvalue weighted by Crippen LogP contribution is 2.07. The van der Waals surface area contributed by atoms with Crippen LogP contribution in [0.15, 0.2) is 11.6 Å². The summed E-state index contributed by atoms with van der Waals surface area (Å²) in [5.74, 6) is 1.24. The first kappa shape index (κ1) is 12.6. The standard InChI is InChI=1S/C11H21N3S/c1-9(2)10(7-12)8-13-4-3-11-14-5-6-15-11/h5-6,9-10,13H,3-4,7-8,12H2,1-2H3. The van der Waals surface area contributed by atoms with Gasteiger partial charge in [0.1, 0.15) is 0 Å². The van der Waals surface area contributed by atoms with Crippen molar-refractivity contribution in [2.24, 2.45) is 17.6 Å². The lowest BCUT2D eigenvalue weighted by Crippen LogP contribution is -2.32. The Hall–Kier alpha value is -0.450. The first-order valence-electron chi connectivity index (χ1n) is 5.53. The van der Waals surface area contributed by atoms with Crippen LogP contribution >= 0.6 is 11.3 Å². The van der Waals surface area contributed by atoms with Crippen molar-refractivity contribution >= 4 is 11.3 Å². The van der Waals surface area contributed by atoms with E-state index in [-0.39, 0.29) is 0 Å². The van der Waals surface area contributed by atoms with E-state index < -0.39 is 0 Å². The summed E-state index contributed by atoms with van der Waals surface area (Å²) >= 11 is 1.72. The Kier molecular flexibility index (Phi) is 5.83. The number of nitrogens with zero attached hydrogens (tertiary/aromatic N) is 1. The SMILES string of the molecule is CC(C)C(CN)CNCCc1nccs1. The summed E-state index contributed by atoms with van der Waals surface area (Å²) in [6, 6.07) is 0. The zero-order valence-electron chi connectivity index (χ0n) is 9.57. The quantitative estimate of drug-likeness (QED) is 0.694. The molecule has 3 N–H and O–H groups in total. The topological polar surface area (TPSA) is 50.9 Å². The molecule has 0 aliphatic carbocycles. The molecular formula is C11H21N3S. The number of hydrogen-bond donors (Lipinski definition) is 2. The van der Waals surface area contributed by atoms with E-state index in [9.17, 15) is 0 Å². The molecule has 0 aromatic carbocycles. The molecule has 1 rings (SSSR count). The predicted octanol–water partition coefficient (Wildman–Crippen LogP) is 1.51. The molecule has 1 unspecified atom stereocenters. The van der Waals surface area contributed by atoms with E-state index in [4.69, 9.17) is 5.73 Å². The van der Waals surface area contributed by atoms with Crippen LogP contribution < -0.4 is 11.1 Å². The maximum Gasteiger partial charge on any atom is 0.0937 e. The van der Waals surface area contributed by atoms with Crippen LogP contribution in [0.2, 0.25) is 0 Å². The Morgan fingerprint density at radius 3 is 2.87 bits per heavy atom. The predicted molar refractivity (Wildman–Crippen MR) is 66.1 cm³/mol. The normalized spacial score (nSPS) is 13.3. The van der Waals surface area contributed by atoms with Crippen molar-refractivity contribution in [1.29, 1.82) is 0 Å². The third-order valence-electron chi connectivity index (χ3n) is 2.65. The molecule has 3 nitrogen and oxygen atoms in total. The molecule has 0 aliphatic rings. The Bertz CT molecular complexity index is 246. The van der Waals surface area contributed by atoms with Gasteiger partial charge in [-0.2, -0.15) is 0 Å². The fourth-order valence-electron chi connectivity index (χ4n) is 1.45. The van der Waals surface area contributed by atoms with E-state index in [1.807, 2.05) is 11.6 Å². The molecule has 1 atom stereocenters. The molecule has 0 fully saturated rings. The van der Waals surface area contributed by atoms with Gasteiger partial charge in [0.15, 0.2) is 0 Å². The summed E-state index contributed by atoms with van der Waals surface area (Å²) in [6.07, 6.45) is 2.88. The van der Waals surface area contributed by atoms with Crippen LogP contribution in [0.5, 0.6) is 0 Å². The second-order valence-electron chi connectivity index (χ2n) is 4.12. The lowest BCUT2D eigenvalue weighted by molar-refractivity contribution is 0.372. The van der Waals surface area contributed by atoms with Crippen LogP contribution in [0.25, 0.3) is 0 Å². The minimum Gasteiger partial charge on any atom is -0.330 e. The molecule has 1 aromatic heterocycles. The number of nitrogens with two attached hydrogens (primary N) is 1. The summed E-state index contributed by atoms with van der Waals surface area (Å²) in [5, 5.41) is 6.67. The van der Waals surface area contributed by atoms with Crippen molar-refractivity contribution in [2.75, 3.05) is 19.6 Å². The summed E-state index contributed by atoms with van der Waals surface area (Å²) in [7, 11) is 0. The van der Waals surface area contributed by atoms with E-state index in [0.29, 0.717) is 11.8 Å². The van der Waals surface area contributed by atoms with Crippen molar-refractivity contribution < 1.29 is 0 Å². The van der Waals surface area contributed by atoms with E-state index in [0.717, 1.165) is 26.1 Å². The highest BCUT2D eigenvalue weighted by atomic mass is 32.1. The van der Waals surface area contributed by atoms with Crippen molar-refractivity contribution in [3.63, 3.8) is 0 Å². The fourth-order valence-corrected chi connectivity index (χ4v) is 2.07. The highest BCUT2D eigenvalue weighted by Gasteiger charge is 2.10. The molecule has 4 heteroatoms. The zero-order chi connectivity index (χ0) is 11.1. The number of thiazole rings is 1. The Balaban J connectivity index is 2.10. The summed E-state index contributed by atoms with van der Waals surface area (Å²) in [5.41, 5.74) is 5.70. The van der Waals surface area contributed by atoms with Gasteiger partial charge in [0.05, 0.1) is 5.01 Å². The molecule has 15 heavy (non-hydrogen) atoms. The largest absolute Gasteiger partial charge is 0.330 e. The van der Waals surface area contributed by atoms with Gasteiger partial charge in [0.2, 0.25) is 0 Å². The van der Waals surface area contributed by atoms with Crippen molar-refractivity contribution in [3.05, 3.63) is 16.6 Å². The van der Waals surface area contributed by atoms with Crippen LogP contribution in [0.4, 0.5) is 0 Å².